The van der Waals surface area contributed by atoms with Crippen LogP contribution in [0.3, 0.4) is 0 Å². The number of aromatic nitrogens is 2. The number of halogens is 3. The Balaban J connectivity index is 2.74. The minimum atomic E-state index is -2.47. The van der Waals surface area contributed by atoms with E-state index in [1.807, 2.05) is 22.6 Å². The van der Waals surface area contributed by atoms with Crippen LogP contribution in [0.1, 0.15) is 0 Å². The summed E-state index contributed by atoms with van der Waals surface area (Å²) in [6.07, 6.45) is 0.608. The average molecular weight is 329 g/mol. The normalized spacial score (nSPS) is 10.7. The highest BCUT2D eigenvalue weighted by atomic mass is 127. The second-order valence-electron chi connectivity index (χ2n) is 2.76. The number of nitrogens with zero attached hydrogens (tertiary/aromatic N) is 3. The highest BCUT2D eigenvalue weighted by Crippen LogP contribution is 2.10. The zero-order valence-corrected chi connectivity index (χ0v) is 9.93. The molecule has 0 unspecified atom stereocenters. The van der Waals surface area contributed by atoms with Gasteiger partial charge in [-0.15, -0.1) is 0 Å². The van der Waals surface area contributed by atoms with Crippen LogP contribution in [-0.2, 0) is 0 Å². The summed E-state index contributed by atoms with van der Waals surface area (Å²) in [7, 11) is 0. The fourth-order valence-electron chi connectivity index (χ4n) is 1.03. The number of rotatable bonds is 5. The molecule has 1 rings (SSSR count). The van der Waals surface area contributed by atoms with Crippen molar-refractivity contribution >= 4 is 28.5 Å². The largest absolute Gasteiger partial charge is 0.395 e. The van der Waals surface area contributed by atoms with E-state index in [4.69, 9.17) is 5.11 Å². The lowest BCUT2D eigenvalue weighted by Gasteiger charge is -2.20. The van der Waals surface area contributed by atoms with Crippen LogP contribution in [0, 0.1) is 3.57 Å². The molecule has 0 amide bonds. The van der Waals surface area contributed by atoms with E-state index >= 15 is 0 Å². The molecule has 0 aliphatic rings. The van der Waals surface area contributed by atoms with Gasteiger partial charge in [-0.25, -0.2) is 18.7 Å². The molecule has 0 spiro atoms. The molecule has 0 saturated heterocycles. The summed E-state index contributed by atoms with van der Waals surface area (Å²) in [5, 5.41) is 8.72. The number of hydrogen-bond acceptors (Lipinski definition) is 4. The minimum Gasteiger partial charge on any atom is -0.395 e. The highest BCUT2D eigenvalue weighted by Gasteiger charge is 2.14. The van der Waals surface area contributed by atoms with Crippen LogP contribution < -0.4 is 4.90 Å². The first kappa shape index (κ1) is 12.5. The number of aliphatic hydroxyl groups is 1. The molecule has 1 heterocycles. The lowest BCUT2D eigenvalue weighted by molar-refractivity contribution is 0.152. The Kier molecular flexibility index (Phi) is 5.09. The number of alkyl halides is 2. The van der Waals surface area contributed by atoms with Gasteiger partial charge in [-0.2, -0.15) is 0 Å². The molecule has 1 aromatic rings. The Morgan fingerprint density at radius 1 is 1.40 bits per heavy atom. The van der Waals surface area contributed by atoms with E-state index < -0.39 is 13.0 Å². The Morgan fingerprint density at radius 3 is 2.47 bits per heavy atom. The summed E-state index contributed by atoms with van der Waals surface area (Å²) in [4.78, 5) is 9.08. The molecule has 0 radical (unpaired) electrons. The predicted molar refractivity (Wildman–Crippen MR) is 60.1 cm³/mol. The number of aliphatic hydroxyl groups excluding tert-OH is 1. The van der Waals surface area contributed by atoms with Crippen LogP contribution in [0.25, 0.3) is 0 Å². The molecule has 4 nitrogen and oxygen atoms in total. The maximum atomic E-state index is 12.2. The smallest absolute Gasteiger partial charge is 0.255 e. The van der Waals surface area contributed by atoms with E-state index in [9.17, 15) is 8.78 Å². The molecule has 84 valence electrons. The molecule has 1 N–H and O–H groups in total. The summed E-state index contributed by atoms with van der Waals surface area (Å²) in [5.41, 5.74) is 0. The van der Waals surface area contributed by atoms with Crippen molar-refractivity contribution in [2.24, 2.45) is 0 Å². The van der Waals surface area contributed by atoms with E-state index in [2.05, 4.69) is 9.97 Å². The molecule has 0 aromatic carbocycles. The van der Waals surface area contributed by atoms with E-state index in [0.717, 1.165) is 3.57 Å². The lowest BCUT2D eigenvalue weighted by atomic mass is 10.5. The Bertz CT molecular complexity index is 296. The van der Waals surface area contributed by atoms with Crippen molar-refractivity contribution in [3.05, 3.63) is 16.0 Å². The van der Waals surface area contributed by atoms with Crippen molar-refractivity contribution in [2.75, 3.05) is 24.6 Å². The molecular formula is C8H10F2IN3O. The van der Waals surface area contributed by atoms with Crippen molar-refractivity contribution in [3.63, 3.8) is 0 Å². The van der Waals surface area contributed by atoms with E-state index in [1.54, 1.807) is 12.4 Å². The van der Waals surface area contributed by atoms with E-state index in [1.165, 1.54) is 4.90 Å². The molecule has 1 aromatic heterocycles. The van der Waals surface area contributed by atoms with Crippen LogP contribution in [0.5, 0.6) is 0 Å². The van der Waals surface area contributed by atoms with Gasteiger partial charge in [-0.3, -0.25) is 0 Å². The number of hydrogen-bond donors (Lipinski definition) is 1. The van der Waals surface area contributed by atoms with Gasteiger partial charge in [0.1, 0.15) is 0 Å². The van der Waals surface area contributed by atoms with Gasteiger partial charge in [0, 0.05) is 22.5 Å². The van der Waals surface area contributed by atoms with Crippen LogP contribution in [0.15, 0.2) is 12.4 Å². The Hall–Kier alpha value is -0.570. The molecule has 0 fully saturated rings. The van der Waals surface area contributed by atoms with Gasteiger partial charge in [-0.1, -0.05) is 0 Å². The van der Waals surface area contributed by atoms with Crippen molar-refractivity contribution in [2.45, 2.75) is 6.43 Å². The predicted octanol–water partition coefficient (Wildman–Crippen LogP) is 1.15. The highest BCUT2D eigenvalue weighted by molar-refractivity contribution is 14.1. The zero-order valence-electron chi connectivity index (χ0n) is 7.78. The lowest BCUT2D eigenvalue weighted by Crippen LogP contribution is -2.33. The first-order valence-electron chi connectivity index (χ1n) is 4.25. The van der Waals surface area contributed by atoms with Gasteiger partial charge in [0.15, 0.2) is 0 Å². The molecule has 0 aliphatic carbocycles. The summed E-state index contributed by atoms with van der Waals surface area (Å²) in [6.45, 7) is -0.575. The molecule has 7 heteroatoms. The van der Waals surface area contributed by atoms with Gasteiger partial charge >= 0.3 is 0 Å². The molecule has 0 bridgehead atoms. The third-order valence-corrected chi connectivity index (χ3v) is 2.17. The van der Waals surface area contributed by atoms with Gasteiger partial charge in [0.2, 0.25) is 5.95 Å². The van der Waals surface area contributed by atoms with Gasteiger partial charge in [0.25, 0.3) is 6.43 Å². The Morgan fingerprint density at radius 2 is 2.00 bits per heavy atom. The van der Waals surface area contributed by atoms with Gasteiger partial charge in [0.05, 0.1) is 13.2 Å². The Labute approximate surface area is 99.5 Å². The molecule has 15 heavy (non-hydrogen) atoms. The summed E-state index contributed by atoms with van der Waals surface area (Å²) < 4.78 is 25.2. The standard InChI is InChI=1S/C8H10F2IN3O/c9-7(10)5-14(1-2-15)8-12-3-6(11)4-13-8/h3-4,7,15H,1-2,5H2. The number of anilines is 1. The fourth-order valence-corrected chi connectivity index (χ4v) is 1.31. The average Bonchev–Trinajstić information content (AvgIpc) is 2.17. The van der Waals surface area contributed by atoms with Crippen LogP contribution in [0.2, 0.25) is 0 Å². The van der Waals surface area contributed by atoms with E-state index in [-0.39, 0.29) is 19.1 Å². The van der Waals surface area contributed by atoms with Gasteiger partial charge in [-0.05, 0) is 22.6 Å². The first-order chi connectivity index (χ1) is 7.13. The zero-order chi connectivity index (χ0) is 11.3. The molecule has 0 saturated carbocycles. The van der Waals surface area contributed by atoms with Gasteiger partial charge < -0.3 is 10.0 Å². The van der Waals surface area contributed by atoms with Crippen molar-refractivity contribution in [3.8, 4) is 0 Å². The maximum absolute atomic E-state index is 12.2. The molecular weight excluding hydrogens is 319 g/mol. The van der Waals surface area contributed by atoms with Crippen LogP contribution >= 0.6 is 22.6 Å². The first-order valence-corrected chi connectivity index (χ1v) is 5.33. The van der Waals surface area contributed by atoms with Crippen molar-refractivity contribution in [1.82, 2.24) is 9.97 Å². The monoisotopic (exact) mass is 329 g/mol. The molecule has 0 atom stereocenters. The van der Waals surface area contributed by atoms with Crippen LogP contribution in [-0.4, -0.2) is 41.2 Å². The van der Waals surface area contributed by atoms with Crippen molar-refractivity contribution in [1.29, 1.82) is 0 Å². The maximum Gasteiger partial charge on any atom is 0.255 e. The summed E-state index contributed by atoms with van der Waals surface area (Å²) in [6, 6.07) is 0. The van der Waals surface area contributed by atoms with Crippen LogP contribution in [0.4, 0.5) is 14.7 Å². The summed E-state index contributed by atoms with van der Waals surface area (Å²) >= 11 is 2.03. The van der Waals surface area contributed by atoms with Crippen molar-refractivity contribution < 1.29 is 13.9 Å². The second kappa shape index (κ2) is 6.11. The third-order valence-electron chi connectivity index (χ3n) is 1.62. The molecule has 0 aliphatic heterocycles. The van der Waals surface area contributed by atoms with E-state index in [0.29, 0.717) is 0 Å². The fraction of sp³-hybridized carbons (Fsp3) is 0.500. The second-order valence-corrected chi connectivity index (χ2v) is 4.01. The SMILES string of the molecule is OCCN(CC(F)F)c1ncc(I)cn1. The third kappa shape index (κ3) is 4.20. The minimum absolute atomic E-state index is 0.102. The summed E-state index contributed by atoms with van der Waals surface area (Å²) in [5.74, 6) is 0.213. The quantitative estimate of drug-likeness (QED) is 0.824. The topological polar surface area (TPSA) is 49.2 Å².